The van der Waals surface area contributed by atoms with Gasteiger partial charge < -0.3 is 0 Å². The maximum Gasteiger partial charge on any atom is 0.162 e. The minimum Gasteiger partial charge on any atom is -0.234 e. The molecule has 0 aliphatic carbocycles. The smallest absolute Gasteiger partial charge is 0.162 e. The van der Waals surface area contributed by atoms with Crippen LogP contribution in [0.2, 0.25) is 0 Å². The normalized spacial score (nSPS) is 10.7. The summed E-state index contributed by atoms with van der Waals surface area (Å²) in [6.45, 7) is 4.13. The summed E-state index contributed by atoms with van der Waals surface area (Å²) in [4.78, 5) is 4.07. The molecule has 0 saturated carbocycles. The Hall–Kier alpha value is -1.89. The van der Waals surface area contributed by atoms with Gasteiger partial charge in [0.05, 0.1) is 11.9 Å². The number of hydrogen-bond acceptors (Lipinski definition) is 3. The second-order valence-electron chi connectivity index (χ2n) is 3.44. The van der Waals surface area contributed by atoms with E-state index in [1.165, 1.54) is 6.20 Å². The highest BCUT2D eigenvalue weighted by Gasteiger charge is 2.06. The maximum absolute atomic E-state index is 8.80. The summed E-state index contributed by atoms with van der Waals surface area (Å²) in [5, 5.41) is 13.1. The standard InChI is InChI=1S/C10H10N4/c1-7(2)9-3-4-10-12-6-8(5-11)14(10)13-9/h3-4,6-7H,1-2H3. The first kappa shape index (κ1) is 8.70. The van der Waals surface area contributed by atoms with Crippen LogP contribution >= 0.6 is 0 Å². The third kappa shape index (κ3) is 1.23. The molecule has 0 atom stereocenters. The van der Waals surface area contributed by atoms with Crippen LogP contribution in [0.15, 0.2) is 18.3 Å². The Bertz CT molecular complexity index is 504. The molecule has 0 aliphatic rings. The molecule has 0 saturated heterocycles. The number of fused-ring (bicyclic) bond motifs is 1. The number of imidazole rings is 1. The molecule has 70 valence electrons. The molecule has 0 spiro atoms. The third-order valence-corrected chi connectivity index (χ3v) is 2.09. The fourth-order valence-corrected chi connectivity index (χ4v) is 1.27. The van der Waals surface area contributed by atoms with Gasteiger partial charge in [-0.2, -0.15) is 10.4 Å². The minimum atomic E-state index is 0.355. The minimum absolute atomic E-state index is 0.355. The van der Waals surface area contributed by atoms with Gasteiger partial charge in [0.1, 0.15) is 6.07 Å². The summed E-state index contributed by atoms with van der Waals surface area (Å²) in [5.74, 6) is 0.355. The highest BCUT2D eigenvalue weighted by atomic mass is 15.3. The van der Waals surface area contributed by atoms with E-state index in [9.17, 15) is 0 Å². The maximum atomic E-state index is 8.80. The quantitative estimate of drug-likeness (QED) is 0.681. The number of nitriles is 1. The van der Waals surface area contributed by atoms with Crippen LogP contribution in [0.25, 0.3) is 5.65 Å². The van der Waals surface area contributed by atoms with Crippen molar-refractivity contribution in [2.24, 2.45) is 0 Å². The molecule has 4 nitrogen and oxygen atoms in total. The van der Waals surface area contributed by atoms with Crippen molar-refractivity contribution in [1.29, 1.82) is 5.26 Å². The average Bonchev–Trinajstić information content (AvgIpc) is 2.59. The Labute approximate surface area is 81.8 Å². The van der Waals surface area contributed by atoms with E-state index in [2.05, 4.69) is 30.0 Å². The highest BCUT2D eigenvalue weighted by Crippen LogP contribution is 2.12. The summed E-state index contributed by atoms with van der Waals surface area (Å²) in [7, 11) is 0. The summed E-state index contributed by atoms with van der Waals surface area (Å²) in [6.07, 6.45) is 1.53. The van der Waals surface area contributed by atoms with Crippen molar-refractivity contribution in [1.82, 2.24) is 14.6 Å². The lowest BCUT2D eigenvalue weighted by Gasteiger charge is -2.03. The van der Waals surface area contributed by atoms with Crippen molar-refractivity contribution in [3.63, 3.8) is 0 Å². The molecule has 4 heteroatoms. The molecule has 0 aliphatic heterocycles. The summed E-state index contributed by atoms with van der Waals surface area (Å²) >= 11 is 0. The molecule has 0 radical (unpaired) electrons. The molecule has 2 heterocycles. The van der Waals surface area contributed by atoms with Crippen LogP contribution < -0.4 is 0 Å². The average molecular weight is 186 g/mol. The van der Waals surface area contributed by atoms with Crippen molar-refractivity contribution >= 4 is 5.65 Å². The first-order valence-electron chi connectivity index (χ1n) is 4.47. The lowest BCUT2D eigenvalue weighted by atomic mass is 10.1. The van der Waals surface area contributed by atoms with E-state index >= 15 is 0 Å². The molecule has 2 aromatic heterocycles. The molecule has 0 aromatic carbocycles. The molecule has 14 heavy (non-hydrogen) atoms. The van der Waals surface area contributed by atoms with Crippen LogP contribution in [0.3, 0.4) is 0 Å². The van der Waals surface area contributed by atoms with Crippen molar-refractivity contribution < 1.29 is 0 Å². The Morgan fingerprint density at radius 2 is 2.21 bits per heavy atom. The zero-order valence-corrected chi connectivity index (χ0v) is 8.10. The SMILES string of the molecule is CC(C)c1ccc2ncc(C#N)n2n1. The lowest BCUT2D eigenvalue weighted by molar-refractivity contribution is 0.760. The Kier molecular flexibility index (Phi) is 1.93. The molecular formula is C10H10N4. The van der Waals surface area contributed by atoms with E-state index in [0.717, 1.165) is 5.69 Å². The summed E-state index contributed by atoms with van der Waals surface area (Å²) in [5.41, 5.74) is 2.15. The summed E-state index contributed by atoms with van der Waals surface area (Å²) < 4.78 is 1.58. The first-order chi connectivity index (χ1) is 6.72. The zero-order valence-electron chi connectivity index (χ0n) is 8.10. The molecule has 0 unspecified atom stereocenters. The largest absolute Gasteiger partial charge is 0.234 e. The predicted molar refractivity (Wildman–Crippen MR) is 51.8 cm³/mol. The topological polar surface area (TPSA) is 54.0 Å². The van der Waals surface area contributed by atoms with Crippen LogP contribution in [-0.2, 0) is 0 Å². The van der Waals surface area contributed by atoms with Crippen molar-refractivity contribution in [2.45, 2.75) is 19.8 Å². The Morgan fingerprint density at radius 3 is 2.86 bits per heavy atom. The first-order valence-corrected chi connectivity index (χ1v) is 4.47. The number of nitrogens with zero attached hydrogens (tertiary/aromatic N) is 4. The van der Waals surface area contributed by atoms with Gasteiger partial charge in [-0.1, -0.05) is 13.8 Å². The van der Waals surface area contributed by atoms with Gasteiger partial charge in [0.15, 0.2) is 11.3 Å². The fraction of sp³-hybridized carbons (Fsp3) is 0.300. The monoisotopic (exact) mass is 186 g/mol. The molecule has 0 N–H and O–H groups in total. The van der Waals surface area contributed by atoms with Crippen LogP contribution in [0.5, 0.6) is 0 Å². The van der Waals surface area contributed by atoms with Crippen LogP contribution in [0.4, 0.5) is 0 Å². The highest BCUT2D eigenvalue weighted by molar-refractivity contribution is 5.42. The van der Waals surface area contributed by atoms with E-state index in [4.69, 9.17) is 5.26 Å². The third-order valence-electron chi connectivity index (χ3n) is 2.09. The van der Waals surface area contributed by atoms with E-state index in [1.807, 2.05) is 12.1 Å². The van der Waals surface area contributed by atoms with Gasteiger partial charge in [0.2, 0.25) is 0 Å². The van der Waals surface area contributed by atoms with E-state index < -0.39 is 0 Å². The van der Waals surface area contributed by atoms with Crippen LogP contribution in [-0.4, -0.2) is 14.6 Å². The summed E-state index contributed by atoms with van der Waals surface area (Å²) in [6, 6.07) is 5.87. The lowest BCUT2D eigenvalue weighted by Crippen LogP contribution is -2.00. The van der Waals surface area contributed by atoms with Gasteiger partial charge in [-0.25, -0.2) is 9.50 Å². The van der Waals surface area contributed by atoms with E-state index in [1.54, 1.807) is 4.52 Å². The van der Waals surface area contributed by atoms with Gasteiger partial charge in [-0.05, 0) is 18.1 Å². The molecule has 0 bridgehead atoms. The van der Waals surface area contributed by atoms with Gasteiger partial charge in [-0.3, -0.25) is 0 Å². The van der Waals surface area contributed by atoms with Gasteiger partial charge in [-0.15, -0.1) is 0 Å². The number of aromatic nitrogens is 3. The molecule has 0 amide bonds. The molecule has 0 fully saturated rings. The molecular weight excluding hydrogens is 176 g/mol. The second-order valence-corrected chi connectivity index (χ2v) is 3.44. The van der Waals surface area contributed by atoms with Crippen molar-refractivity contribution in [3.05, 3.63) is 29.7 Å². The fourth-order valence-electron chi connectivity index (χ4n) is 1.27. The Balaban J connectivity index is 2.69. The number of hydrogen-bond donors (Lipinski definition) is 0. The van der Waals surface area contributed by atoms with Gasteiger partial charge in [0.25, 0.3) is 0 Å². The van der Waals surface area contributed by atoms with Crippen LogP contribution in [0, 0.1) is 11.3 Å². The molecule has 2 rings (SSSR count). The van der Waals surface area contributed by atoms with Crippen LogP contribution in [0.1, 0.15) is 31.2 Å². The van der Waals surface area contributed by atoms with Gasteiger partial charge in [0, 0.05) is 0 Å². The zero-order chi connectivity index (χ0) is 10.1. The predicted octanol–water partition coefficient (Wildman–Crippen LogP) is 1.72. The van der Waals surface area contributed by atoms with E-state index in [-0.39, 0.29) is 0 Å². The second kappa shape index (κ2) is 3.11. The number of rotatable bonds is 1. The van der Waals surface area contributed by atoms with E-state index in [0.29, 0.717) is 17.3 Å². The van der Waals surface area contributed by atoms with Crippen molar-refractivity contribution in [2.75, 3.05) is 0 Å². The van der Waals surface area contributed by atoms with Gasteiger partial charge >= 0.3 is 0 Å². The Morgan fingerprint density at radius 1 is 1.43 bits per heavy atom. The molecule has 2 aromatic rings. The van der Waals surface area contributed by atoms with Crippen molar-refractivity contribution in [3.8, 4) is 6.07 Å².